The SMILES string of the molecule is Cc1ccccc1NC(=S)N/N=C\c1ccc(-c2cc(Cl)ccc2Cl)o1. The first-order valence-electron chi connectivity index (χ1n) is 7.74. The number of rotatable bonds is 4. The molecular weight excluding hydrogens is 389 g/mol. The Balaban J connectivity index is 1.63. The van der Waals surface area contributed by atoms with Crippen molar-refractivity contribution >= 4 is 52.4 Å². The van der Waals surface area contributed by atoms with Crippen molar-refractivity contribution in [2.24, 2.45) is 5.10 Å². The van der Waals surface area contributed by atoms with E-state index < -0.39 is 0 Å². The van der Waals surface area contributed by atoms with E-state index >= 15 is 0 Å². The quantitative estimate of drug-likeness (QED) is 0.324. The van der Waals surface area contributed by atoms with E-state index in [-0.39, 0.29) is 0 Å². The van der Waals surface area contributed by atoms with Crippen molar-refractivity contribution in [2.75, 3.05) is 5.32 Å². The Morgan fingerprint density at radius 3 is 2.73 bits per heavy atom. The third kappa shape index (κ3) is 4.64. The normalized spacial score (nSPS) is 10.9. The van der Waals surface area contributed by atoms with Gasteiger partial charge in [-0.05, 0) is 61.1 Å². The average Bonchev–Trinajstić information content (AvgIpc) is 3.08. The van der Waals surface area contributed by atoms with E-state index in [1.165, 1.54) is 6.21 Å². The van der Waals surface area contributed by atoms with E-state index in [1.807, 2.05) is 37.3 Å². The molecule has 26 heavy (non-hydrogen) atoms. The first-order chi connectivity index (χ1) is 12.5. The summed E-state index contributed by atoms with van der Waals surface area (Å²) >= 11 is 17.4. The number of hydrogen-bond donors (Lipinski definition) is 2. The fraction of sp³-hybridized carbons (Fsp3) is 0.0526. The minimum absolute atomic E-state index is 0.389. The Bertz CT molecular complexity index is 969. The van der Waals surface area contributed by atoms with Gasteiger partial charge in [-0.1, -0.05) is 41.4 Å². The van der Waals surface area contributed by atoms with Gasteiger partial charge in [0.05, 0.1) is 11.2 Å². The van der Waals surface area contributed by atoms with Crippen LogP contribution in [0.2, 0.25) is 10.0 Å². The summed E-state index contributed by atoms with van der Waals surface area (Å²) < 4.78 is 5.73. The molecule has 3 aromatic rings. The summed E-state index contributed by atoms with van der Waals surface area (Å²) in [5, 5.41) is 8.71. The average molecular weight is 404 g/mol. The van der Waals surface area contributed by atoms with E-state index in [0.29, 0.717) is 26.7 Å². The largest absolute Gasteiger partial charge is 0.455 e. The van der Waals surface area contributed by atoms with E-state index in [9.17, 15) is 0 Å². The summed E-state index contributed by atoms with van der Waals surface area (Å²) in [7, 11) is 0. The lowest BCUT2D eigenvalue weighted by atomic mass is 10.2. The number of thiocarbonyl (C=S) groups is 1. The van der Waals surface area contributed by atoms with Crippen molar-refractivity contribution in [1.29, 1.82) is 0 Å². The Labute approximate surface area is 166 Å². The van der Waals surface area contributed by atoms with Crippen LogP contribution >= 0.6 is 35.4 Å². The second kappa shape index (κ2) is 8.36. The molecule has 0 aliphatic heterocycles. The molecule has 0 radical (unpaired) electrons. The predicted molar refractivity (Wildman–Crippen MR) is 112 cm³/mol. The zero-order valence-electron chi connectivity index (χ0n) is 13.8. The third-order valence-electron chi connectivity index (χ3n) is 3.57. The third-order valence-corrected chi connectivity index (χ3v) is 4.33. The molecule has 0 atom stereocenters. The Hall–Kier alpha value is -2.34. The molecule has 0 spiro atoms. The molecule has 0 saturated heterocycles. The second-order valence-corrected chi connectivity index (χ2v) is 6.72. The molecule has 0 amide bonds. The number of benzene rings is 2. The summed E-state index contributed by atoms with van der Waals surface area (Å²) in [6.07, 6.45) is 1.54. The molecule has 1 heterocycles. The topological polar surface area (TPSA) is 49.6 Å². The first kappa shape index (κ1) is 18.5. The number of hydrazone groups is 1. The highest BCUT2D eigenvalue weighted by Gasteiger charge is 2.08. The molecule has 0 aliphatic rings. The fourth-order valence-electron chi connectivity index (χ4n) is 2.27. The summed E-state index contributed by atoms with van der Waals surface area (Å²) in [4.78, 5) is 0. The molecule has 4 nitrogen and oxygen atoms in total. The lowest BCUT2D eigenvalue weighted by Crippen LogP contribution is -2.24. The standard InChI is InChI=1S/C19H15Cl2N3OS/c1-12-4-2-3-5-17(12)23-19(26)24-22-11-14-7-9-18(25-14)15-10-13(20)6-8-16(15)21/h2-11H,1H3,(H2,23,24,26)/b22-11-. The first-order valence-corrected chi connectivity index (χ1v) is 8.90. The summed E-state index contributed by atoms with van der Waals surface area (Å²) in [6.45, 7) is 2.00. The molecule has 2 aromatic carbocycles. The number of nitrogens with zero attached hydrogens (tertiary/aromatic N) is 1. The molecule has 0 aliphatic carbocycles. The van der Waals surface area contributed by atoms with Gasteiger partial charge in [0.1, 0.15) is 11.5 Å². The number of anilines is 1. The van der Waals surface area contributed by atoms with E-state index in [2.05, 4.69) is 15.8 Å². The molecule has 2 N–H and O–H groups in total. The number of hydrogen-bond acceptors (Lipinski definition) is 3. The molecule has 3 rings (SSSR count). The number of para-hydroxylation sites is 1. The molecule has 0 bridgehead atoms. The lowest BCUT2D eigenvalue weighted by molar-refractivity contribution is 0.574. The molecule has 0 saturated carbocycles. The number of aryl methyl sites for hydroxylation is 1. The molecule has 0 unspecified atom stereocenters. The number of nitrogens with one attached hydrogen (secondary N) is 2. The maximum absolute atomic E-state index is 6.19. The van der Waals surface area contributed by atoms with Crippen LogP contribution in [0, 0.1) is 6.92 Å². The van der Waals surface area contributed by atoms with E-state index in [4.69, 9.17) is 39.8 Å². The highest BCUT2D eigenvalue weighted by atomic mass is 35.5. The highest BCUT2D eigenvalue weighted by molar-refractivity contribution is 7.80. The Morgan fingerprint density at radius 2 is 1.92 bits per heavy atom. The molecule has 132 valence electrons. The summed E-state index contributed by atoms with van der Waals surface area (Å²) in [6, 6.07) is 16.7. The van der Waals surface area contributed by atoms with Crippen molar-refractivity contribution < 1.29 is 4.42 Å². The van der Waals surface area contributed by atoms with Crippen LogP contribution in [0.15, 0.2) is 64.1 Å². The summed E-state index contributed by atoms with van der Waals surface area (Å²) in [5.41, 5.74) is 5.50. The van der Waals surface area contributed by atoms with Crippen LogP contribution in [0.4, 0.5) is 5.69 Å². The number of halogens is 2. The van der Waals surface area contributed by atoms with Gasteiger partial charge >= 0.3 is 0 Å². The minimum atomic E-state index is 0.389. The van der Waals surface area contributed by atoms with E-state index in [0.717, 1.165) is 16.8 Å². The van der Waals surface area contributed by atoms with Crippen LogP contribution in [0.5, 0.6) is 0 Å². The molecule has 7 heteroatoms. The fourth-order valence-corrected chi connectivity index (χ4v) is 2.82. The second-order valence-electron chi connectivity index (χ2n) is 5.47. The van der Waals surface area contributed by atoms with Crippen molar-refractivity contribution in [2.45, 2.75) is 6.92 Å². The Morgan fingerprint density at radius 1 is 1.12 bits per heavy atom. The van der Waals surface area contributed by atoms with Gasteiger partial charge < -0.3 is 9.73 Å². The zero-order chi connectivity index (χ0) is 18.5. The van der Waals surface area contributed by atoms with Crippen molar-refractivity contribution in [3.8, 4) is 11.3 Å². The smallest absolute Gasteiger partial charge is 0.191 e. The molecule has 1 aromatic heterocycles. The molecular formula is C19H15Cl2N3OS. The van der Waals surface area contributed by atoms with Gasteiger partial charge in [0.15, 0.2) is 5.11 Å². The van der Waals surface area contributed by atoms with E-state index in [1.54, 1.807) is 24.3 Å². The van der Waals surface area contributed by atoms with Gasteiger partial charge in [0, 0.05) is 16.3 Å². The maximum Gasteiger partial charge on any atom is 0.191 e. The Kier molecular flexibility index (Phi) is 5.93. The van der Waals surface area contributed by atoms with Crippen molar-refractivity contribution in [3.63, 3.8) is 0 Å². The number of furan rings is 1. The predicted octanol–water partition coefficient (Wildman–Crippen LogP) is 5.88. The zero-order valence-corrected chi connectivity index (χ0v) is 16.1. The van der Waals surface area contributed by atoms with Crippen LogP contribution in [0.3, 0.4) is 0 Å². The van der Waals surface area contributed by atoms with Crippen LogP contribution in [-0.4, -0.2) is 11.3 Å². The summed E-state index contributed by atoms with van der Waals surface area (Å²) in [5.74, 6) is 1.17. The van der Waals surface area contributed by atoms with Crippen LogP contribution in [-0.2, 0) is 0 Å². The maximum atomic E-state index is 6.19. The van der Waals surface area contributed by atoms with Gasteiger partial charge in [0.25, 0.3) is 0 Å². The van der Waals surface area contributed by atoms with Gasteiger partial charge in [0.2, 0.25) is 0 Å². The van der Waals surface area contributed by atoms with Gasteiger partial charge in [-0.3, -0.25) is 5.43 Å². The highest BCUT2D eigenvalue weighted by Crippen LogP contribution is 2.31. The molecule has 0 fully saturated rings. The lowest BCUT2D eigenvalue weighted by Gasteiger charge is -2.09. The van der Waals surface area contributed by atoms with Gasteiger partial charge in [-0.25, -0.2) is 0 Å². The van der Waals surface area contributed by atoms with Crippen LogP contribution < -0.4 is 10.7 Å². The van der Waals surface area contributed by atoms with Crippen LogP contribution in [0.25, 0.3) is 11.3 Å². The van der Waals surface area contributed by atoms with Gasteiger partial charge in [-0.15, -0.1) is 0 Å². The monoisotopic (exact) mass is 403 g/mol. The van der Waals surface area contributed by atoms with Gasteiger partial charge in [-0.2, -0.15) is 5.10 Å². The van der Waals surface area contributed by atoms with Crippen LogP contribution in [0.1, 0.15) is 11.3 Å². The minimum Gasteiger partial charge on any atom is -0.455 e. The van der Waals surface area contributed by atoms with Crippen molar-refractivity contribution in [1.82, 2.24) is 5.43 Å². The van der Waals surface area contributed by atoms with Crippen molar-refractivity contribution in [3.05, 3.63) is 76.0 Å².